The molecule has 0 aromatic heterocycles. The molecule has 0 aliphatic heterocycles. The number of benzene rings is 1. The van der Waals surface area contributed by atoms with Gasteiger partial charge in [0, 0.05) is 5.02 Å². The Morgan fingerprint density at radius 1 is 1.38 bits per heavy atom. The van der Waals surface area contributed by atoms with Crippen molar-refractivity contribution in [1.29, 1.82) is 0 Å². The molecule has 0 bridgehead atoms. The molecule has 0 aliphatic rings. The minimum atomic E-state index is -0.899. The van der Waals surface area contributed by atoms with Crippen LogP contribution in [0.4, 0.5) is 0 Å². The maximum atomic E-state index is 10.9. The molecule has 0 saturated heterocycles. The van der Waals surface area contributed by atoms with Gasteiger partial charge in [-0.3, -0.25) is 4.89 Å². The standard InChI is InChI=1S/C7H4Cl2O4/c8-4-1-2-5(6(9)3-4)7(10)12-13-11/h1-3,11H. The second-order valence-electron chi connectivity index (χ2n) is 2.07. The van der Waals surface area contributed by atoms with Gasteiger partial charge in [-0.1, -0.05) is 23.2 Å². The lowest BCUT2D eigenvalue weighted by molar-refractivity contribution is -0.455. The van der Waals surface area contributed by atoms with Crippen LogP contribution in [0.1, 0.15) is 10.4 Å². The molecule has 1 rings (SSSR count). The molecule has 0 unspecified atom stereocenters. The highest BCUT2D eigenvalue weighted by atomic mass is 35.5. The number of rotatable bonds is 2. The summed E-state index contributed by atoms with van der Waals surface area (Å²) in [5, 5.41) is 11.5. The van der Waals surface area contributed by atoms with E-state index < -0.39 is 5.97 Å². The van der Waals surface area contributed by atoms with Crippen molar-refractivity contribution < 1.29 is 20.0 Å². The molecule has 0 heterocycles. The fourth-order valence-electron chi connectivity index (χ4n) is 0.734. The lowest BCUT2D eigenvalue weighted by atomic mass is 10.2. The van der Waals surface area contributed by atoms with Gasteiger partial charge in [-0.2, -0.15) is 0 Å². The Labute approximate surface area is 83.4 Å². The van der Waals surface area contributed by atoms with Gasteiger partial charge in [0.1, 0.15) is 0 Å². The largest absolute Gasteiger partial charge is 0.377 e. The van der Waals surface area contributed by atoms with Gasteiger partial charge in [-0.15, -0.1) is 0 Å². The minimum absolute atomic E-state index is 0.0557. The summed E-state index contributed by atoms with van der Waals surface area (Å²) in [6.45, 7) is 0. The molecule has 1 N–H and O–H groups in total. The van der Waals surface area contributed by atoms with Crippen LogP contribution in [-0.4, -0.2) is 11.2 Å². The van der Waals surface area contributed by atoms with E-state index in [0.29, 0.717) is 5.02 Å². The summed E-state index contributed by atoms with van der Waals surface area (Å²) in [7, 11) is 0. The fraction of sp³-hybridized carbons (Fsp3) is 0. The van der Waals surface area contributed by atoms with Gasteiger partial charge in [0.2, 0.25) is 0 Å². The van der Waals surface area contributed by atoms with Gasteiger partial charge >= 0.3 is 5.97 Å². The molecule has 6 heteroatoms. The van der Waals surface area contributed by atoms with Crippen molar-refractivity contribution in [2.24, 2.45) is 0 Å². The first-order valence-corrected chi connectivity index (χ1v) is 3.88. The molecule has 1 aromatic rings. The van der Waals surface area contributed by atoms with Gasteiger partial charge in [0.15, 0.2) is 0 Å². The number of halogens is 2. The number of hydrogen-bond acceptors (Lipinski definition) is 4. The van der Waals surface area contributed by atoms with Gasteiger partial charge in [-0.05, 0) is 23.2 Å². The summed E-state index contributed by atoms with van der Waals surface area (Å²) in [5.41, 5.74) is 0.0557. The molecule has 0 spiro atoms. The van der Waals surface area contributed by atoms with E-state index in [4.69, 9.17) is 28.5 Å². The Kier molecular flexibility index (Phi) is 3.50. The molecular weight excluding hydrogens is 219 g/mol. The number of carbonyl (C=O) groups is 1. The Morgan fingerprint density at radius 2 is 2.08 bits per heavy atom. The van der Waals surface area contributed by atoms with Crippen LogP contribution in [0.3, 0.4) is 0 Å². The van der Waals surface area contributed by atoms with Crippen LogP contribution in [0, 0.1) is 0 Å². The fourth-order valence-corrected chi connectivity index (χ4v) is 1.22. The zero-order valence-corrected chi connectivity index (χ0v) is 7.67. The third-order valence-corrected chi connectivity index (χ3v) is 1.81. The smallest absolute Gasteiger partial charge is 0.263 e. The van der Waals surface area contributed by atoms with Crippen LogP contribution in [0.5, 0.6) is 0 Å². The molecule has 0 atom stereocenters. The Morgan fingerprint density at radius 3 is 2.62 bits per heavy atom. The lowest BCUT2D eigenvalue weighted by Gasteiger charge is -2.00. The van der Waals surface area contributed by atoms with Crippen LogP contribution in [0.25, 0.3) is 0 Å². The van der Waals surface area contributed by atoms with Crippen molar-refractivity contribution in [3.05, 3.63) is 33.8 Å². The Balaban J connectivity index is 2.95. The minimum Gasteiger partial charge on any atom is -0.263 e. The van der Waals surface area contributed by atoms with E-state index in [1.807, 2.05) is 0 Å². The summed E-state index contributed by atoms with van der Waals surface area (Å²) in [6.07, 6.45) is 0. The van der Waals surface area contributed by atoms with Crippen molar-refractivity contribution in [1.82, 2.24) is 0 Å². The monoisotopic (exact) mass is 222 g/mol. The van der Waals surface area contributed by atoms with Crippen LogP contribution in [-0.2, 0) is 9.93 Å². The SMILES string of the molecule is O=C(OOO)c1ccc(Cl)cc1Cl. The van der Waals surface area contributed by atoms with Crippen molar-refractivity contribution >= 4 is 29.2 Å². The van der Waals surface area contributed by atoms with Crippen LogP contribution in [0.2, 0.25) is 10.0 Å². The number of carbonyl (C=O) groups excluding carboxylic acids is 1. The third-order valence-electron chi connectivity index (χ3n) is 1.26. The van der Waals surface area contributed by atoms with E-state index in [0.717, 1.165) is 0 Å². The van der Waals surface area contributed by atoms with Crippen LogP contribution < -0.4 is 0 Å². The van der Waals surface area contributed by atoms with Crippen molar-refractivity contribution in [3.63, 3.8) is 0 Å². The van der Waals surface area contributed by atoms with E-state index in [1.165, 1.54) is 18.2 Å². The van der Waals surface area contributed by atoms with Gasteiger partial charge in [-0.25, -0.2) is 10.1 Å². The Hall–Kier alpha value is -0.810. The van der Waals surface area contributed by atoms with E-state index >= 15 is 0 Å². The van der Waals surface area contributed by atoms with Crippen molar-refractivity contribution in [2.45, 2.75) is 0 Å². The zero-order valence-electron chi connectivity index (χ0n) is 6.16. The molecule has 1 aromatic carbocycles. The van der Waals surface area contributed by atoms with E-state index in [1.54, 1.807) is 0 Å². The summed E-state index contributed by atoms with van der Waals surface area (Å²) in [4.78, 5) is 14.8. The average molecular weight is 223 g/mol. The van der Waals surface area contributed by atoms with E-state index in [2.05, 4.69) is 9.93 Å². The normalized spacial score (nSPS) is 9.77. The Bertz CT molecular complexity index is 326. The lowest BCUT2D eigenvalue weighted by Crippen LogP contribution is -2.04. The maximum Gasteiger partial charge on any atom is 0.377 e. The second-order valence-corrected chi connectivity index (χ2v) is 2.91. The van der Waals surface area contributed by atoms with Crippen molar-refractivity contribution in [3.8, 4) is 0 Å². The van der Waals surface area contributed by atoms with Gasteiger partial charge in [0.25, 0.3) is 0 Å². The summed E-state index contributed by atoms with van der Waals surface area (Å²) < 4.78 is 0. The molecule has 70 valence electrons. The molecule has 4 nitrogen and oxygen atoms in total. The summed E-state index contributed by atoms with van der Waals surface area (Å²) >= 11 is 11.2. The second kappa shape index (κ2) is 4.43. The van der Waals surface area contributed by atoms with Crippen molar-refractivity contribution in [2.75, 3.05) is 0 Å². The number of hydrogen-bond donors (Lipinski definition) is 1. The zero-order chi connectivity index (χ0) is 9.84. The summed E-state index contributed by atoms with van der Waals surface area (Å²) in [5.74, 6) is -0.899. The highest BCUT2D eigenvalue weighted by Gasteiger charge is 2.12. The predicted molar refractivity (Wildman–Crippen MR) is 45.6 cm³/mol. The van der Waals surface area contributed by atoms with Crippen LogP contribution in [0.15, 0.2) is 18.2 Å². The predicted octanol–water partition coefficient (Wildman–Crippen LogP) is 2.55. The van der Waals surface area contributed by atoms with E-state index in [9.17, 15) is 4.79 Å². The van der Waals surface area contributed by atoms with Crippen LogP contribution >= 0.6 is 23.2 Å². The highest BCUT2D eigenvalue weighted by molar-refractivity contribution is 6.36. The molecule has 0 saturated carbocycles. The maximum absolute atomic E-state index is 10.9. The first-order valence-electron chi connectivity index (χ1n) is 3.12. The highest BCUT2D eigenvalue weighted by Crippen LogP contribution is 2.21. The summed E-state index contributed by atoms with van der Waals surface area (Å²) in [6, 6.07) is 4.19. The van der Waals surface area contributed by atoms with Gasteiger partial charge < -0.3 is 0 Å². The molecular formula is C7H4Cl2O4. The molecule has 0 radical (unpaired) electrons. The quantitative estimate of drug-likeness (QED) is 0.618. The molecule has 0 amide bonds. The van der Waals surface area contributed by atoms with E-state index in [-0.39, 0.29) is 10.6 Å². The third kappa shape index (κ3) is 2.57. The first kappa shape index (κ1) is 10.3. The topological polar surface area (TPSA) is 55.8 Å². The average Bonchev–Trinajstić information content (AvgIpc) is 2.04. The first-order chi connectivity index (χ1) is 6.15. The molecule has 0 fully saturated rings. The molecule has 0 aliphatic carbocycles. The van der Waals surface area contributed by atoms with Gasteiger partial charge in [0.05, 0.1) is 10.6 Å². The molecule has 13 heavy (non-hydrogen) atoms.